The van der Waals surface area contributed by atoms with Gasteiger partial charge in [-0.2, -0.15) is 9.29 Å². The summed E-state index contributed by atoms with van der Waals surface area (Å²) >= 11 is 1.14. The lowest BCUT2D eigenvalue weighted by molar-refractivity contribution is -0.123. The lowest BCUT2D eigenvalue weighted by Gasteiger charge is -2.33. The van der Waals surface area contributed by atoms with Gasteiger partial charge < -0.3 is 9.42 Å². The Kier molecular flexibility index (Phi) is 5.60. The molecule has 32 heavy (non-hydrogen) atoms. The van der Waals surface area contributed by atoms with E-state index in [1.807, 2.05) is 36.1 Å². The second kappa shape index (κ2) is 8.42. The number of para-hydroxylation sites is 1. The highest BCUT2D eigenvalue weighted by Crippen LogP contribution is 2.34. The van der Waals surface area contributed by atoms with E-state index in [2.05, 4.69) is 10.1 Å². The lowest BCUT2D eigenvalue weighted by Crippen LogP contribution is -2.46. The fourth-order valence-corrected chi connectivity index (χ4v) is 7.20. The van der Waals surface area contributed by atoms with Crippen LogP contribution in [0.1, 0.15) is 31.2 Å². The van der Waals surface area contributed by atoms with Crippen molar-refractivity contribution in [1.82, 2.24) is 14.4 Å². The van der Waals surface area contributed by atoms with E-state index in [1.165, 1.54) is 9.87 Å². The Morgan fingerprint density at radius 1 is 1.28 bits per heavy atom. The fourth-order valence-electron chi connectivity index (χ4n) is 4.36. The average molecular weight is 473 g/mol. The summed E-state index contributed by atoms with van der Waals surface area (Å²) < 4.78 is 33.5. The molecule has 2 aliphatic rings. The number of piperidine rings is 1. The minimum Gasteiger partial charge on any atom is -0.339 e. The van der Waals surface area contributed by atoms with Gasteiger partial charge >= 0.3 is 0 Å². The van der Waals surface area contributed by atoms with Gasteiger partial charge in [0.15, 0.2) is 0 Å². The predicted molar refractivity (Wildman–Crippen MR) is 121 cm³/mol. The van der Waals surface area contributed by atoms with Gasteiger partial charge in [-0.1, -0.05) is 30.3 Å². The molecule has 1 unspecified atom stereocenters. The number of nitrogens with zero attached hydrogens (tertiary/aromatic N) is 4. The molecule has 3 aromatic rings. The standard InChI is InChI=1S/C22H24N4O4S2/c1-2-19-23-21(24-30-19)17-12-20(31-14-17)32(28,29)25-10-5-7-16(13-25)22(27)26-11-9-15-6-3-4-8-18(15)26/h3-4,6,8,12,14,16H,2,5,7,9-11,13H2,1H3. The number of amides is 1. The van der Waals surface area contributed by atoms with Crippen LogP contribution >= 0.6 is 11.3 Å². The Balaban J connectivity index is 1.33. The molecule has 0 spiro atoms. The molecule has 2 aromatic heterocycles. The maximum atomic E-state index is 13.3. The first-order chi connectivity index (χ1) is 15.5. The van der Waals surface area contributed by atoms with E-state index >= 15 is 0 Å². The Morgan fingerprint density at radius 2 is 2.12 bits per heavy atom. The van der Waals surface area contributed by atoms with Gasteiger partial charge in [-0.25, -0.2) is 8.42 Å². The number of benzene rings is 1. The molecule has 0 saturated carbocycles. The monoisotopic (exact) mass is 472 g/mol. The van der Waals surface area contributed by atoms with Crippen molar-refractivity contribution in [3.05, 3.63) is 47.2 Å². The molecule has 0 bridgehead atoms. The molecule has 0 radical (unpaired) electrons. The van der Waals surface area contributed by atoms with Crippen LogP contribution in [0.5, 0.6) is 0 Å². The van der Waals surface area contributed by atoms with Gasteiger partial charge in [-0.05, 0) is 37.0 Å². The third kappa shape index (κ3) is 3.76. The average Bonchev–Trinajstić information content (AvgIpc) is 3.57. The van der Waals surface area contributed by atoms with Crippen molar-refractivity contribution < 1.29 is 17.7 Å². The maximum absolute atomic E-state index is 13.3. The highest BCUT2D eigenvalue weighted by atomic mass is 32.2. The predicted octanol–water partition coefficient (Wildman–Crippen LogP) is 3.35. The summed E-state index contributed by atoms with van der Waals surface area (Å²) in [5, 5.41) is 5.65. The molecular formula is C22H24N4O4S2. The zero-order valence-electron chi connectivity index (χ0n) is 17.7. The number of aryl methyl sites for hydroxylation is 1. The number of sulfonamides is 1. The van der Waals surface area contributed by atoms with Crippen LogP contribution in [0.2, 0.25) is 0 Å². The number of anilines is 1. The molecule has 1 fully saturated rings. The van der Waals surface area contributed by atoms with Gasteiger partial charge in [-0.15, -0.1) is 11.3 Å². The molecule has 5 rings (SSSR count). The van der Waals surface area contributed by atoms with Crippen LogP contribution in [0, 0.1) is 5.92 Å². The third-order valence-corrected chi connectivity index (χ3v) is 9.37. The highest BCUT2D eigenvalue weighted by molar-refractivity contribution is 7.91. The van der Waals surface area contributed by atoms with Crippen molar-refractivity contribution in [3.63, 3.8) is 0 Å². The van der Waals surface area contributed by atoms with Crippen LogP contribution < -0.4 is 4.90 Å². The van der Waals surface area contributed by atoms with Crippen molar-refractivity contribution in [2.45, 2.75) is 36.8 Å². The summed E-state index contributed by atoms with van der Waals surface area (Å²) in [5.74, 6) is 0.574. The number of thiophene rings is 1. The van der Waals surface area contributed by atoms with Crippen LogP contribution in [0.25, 0.3) is 11.4 Å². The van der Waals surface area contributed by atoms with Crippen molar-refractivity contribution in [2.75, 3.05) is 24.5 Å². The molecule has 1 saturated heterocycles. The van der Waals surface area contributed by atoms with E-state index in [1.54, 1.807) is 11.4 Å². The van der Waals surface area contributed by atoms with Crippen molar-refractivity contribution in [2.24, 2.45) is 5.92 Å². The van der Waals surface area contributed by atoms with Gasteiger partial charge in [0.1, 0.15) is 4.21 Å². The smallest absolute Gasteiger partial charge is 0.252 e. The number of carbonyl (C=O) groups excluding carboxylic acids is 1. The van der Waals surface area contributed by atoms with E-state index < -0.39 is 10.0 Å². The molecule has 1 amide bonds. The van der Waals surface area contributed by atoms with Crippen LogP contribution in [-0.2, 0) is 27.7 Å². The number of aromatic nitrogens is 2. The number of carbonyl (C=O) groups is 1. The Hall–Kier alpha value is -2.56. The summed E-state index contributed by atoms with van der Waals surface area (Å²) in [6, 6.07) is 9.51. The molecule has 10 heteroatoms. The van der Waals surface area contributed by atoms with Crippen LogP contribution in [0.15, 0.2) is 44.4 Å². The first-order valence-electron chi connectivity index (χ1n) is 10.8. The van der Waals surface area contributed by atoms with Crippen molar-refractivity contribution in [3.8, 4) is 11.4 Å². The second-order valence-corrected chi connectivity index (χ2v) is 11.2. The van der Waals surface area contributed by atoms with Crippen molar-refractivity contribution in [1.29, 1.82) is 0 Å². The lowest BCUT2D eigenvalue weighted by atomic mass is 9.98. The molecular weight excluding hydrogens is 448 g/mol. The van der Waals surface area contributed by atoms with E-state index in [0.29, 0.717) is 49.6 Å². The number of hydrogen-bond donors (Lipinski definition) is 0. The zero-order chi connectivity index (χ0) is 22.3. The number of fused-ring (bicyclic) bond motifs is 1. The number of rotatable bonds is 5. The highest BCUT2D eigenvalue weighted by Gasteiger charge is 2.37. The van der Waals surface area contributed by atoms with E-state index in [-0.39, 0.29) is 22.6 Å². The fraction of sp³-hybridized carbons (Fsp3) is 0.409. The van der Waals surface area contributed by atoms with Gasteiger partial charge in [0.2, 0.25) is 17.6 Å². The minimum atomic E-state index is -3.70. The summed E-state index contributed by atoms with van der Waals surface area (Å²) in [6.45, 7) is 3.18. The first-order valence-corrected chi connectivity index (χ1v) is 13.1. The molecule has 4 heterocycles. The summed E-state index contributed by atoms with van der Waals surface area (Å²) in [4.78, 5) is 19.4. The first kappa shape index (κ1) is 21.3. The zero-order valence-corrected chi connectivity index (χ0v) is 19.4. The van der Waals surface area contributed by atoms with Crippen LogP contribution in [0.4, 0.5) is 5.69 Å². The van der Waals surface area contributed by atoms with Gasteiger partial charge in [0.25, 0.3) is 10.0 Å². The molecule has 168 valence electrons. The SMILES string of the molecule is CCc1nc(-c2csc(S(=O)(=O)N3CCCC(C(=O)N4CCc5ccccc54)C3)c2)no1. The third-order valence-electron chi connectivity index (χ3n) is 6.08. The molecule has 0 aliphatic carbocycles. The van der Waals surface area contributed by atoms with Gasteiger partial charge in [-0.3, -0.25) is 4.79 Å². The summed E-state index contributed by atoms with van der Waals surface area (Å²) in [5.41, 5.74) is 2.74. The molecule has 8 nitrogen and oxygen atoms in total. The van der Waals surface area contributed by atoms with Crippen molar-refractivity contribution >= 4 is 33.0 Å². The molecule has 0 N–H and O–H groups in total. The second-order valence-electron chi connectivity index (χ2n) is 8.09. The topological polar surface area (TPSA) is 96.6 Å². The van der Waals surface area contributed by atoms with Gasteiger partial charge in [0, 0.05) is 42.7 Å². The van der Waals surface area contributed by atoms with E-state index in [9.17, 15) is 13.2 Å². The van der Waals surface area contributed by atoms with Crippen LogP contribution in [-0.4, -0.2) is 48.4 Å². The maximum Gasteiger partial charge on any atom is 0.252 e. The Morgan fingerprint density at radius 3 is 2.94 bits per heavy atom. The molecule has 2 aliphatic heterocycles. The molecule has 1 atom stereocenters. The van der Waals surface area contributed by atoms with E-state index in [4.69, 9.17) is 4.52 Å². The quantitative estimate of drug-likeness (QED) is 0.565. The number of hydrogen-bond acceptors (Lipinski definition) is 7. The Bertz CT molecular complexity index is 1250. The summed E-state index contributed by atoms with van der Waals surface area (Å²) in [6.07, 6.45) is 2.81. The normalized spacial score (nSPS) is 19.3. The largest absolute Gasteiger partial charge is 0.339 e. The Labute approximate surface area is 190 Å². The van der Waals surface area contributed by atoms with E-state index in [0.717, 1.165) is 23.4 Å². The summed E-state index contributed by atoms with van der Waals surface area (Å²) in [7, 11) is -3.70. The minimum absolute atomic E-state index is 0.0145. The van der Waals surface area contributed by atoms with Crippen LogP contribution in [0.3, 0.4) is 0 Å². The molecule has 1 aromatic carbocycles. The van der Waals surface area contributed by atoms with Gasteiger partial charge in [0.05, 0.1) is 5.92 Å².